The highest BCUT2D eigenvalue weighted by molar-refractivity contribution is 7.51. The zero-order chi connectivity index (χ0) is 31.2. The second-order valence-corrected chi connectivity index (χ2v) is 13.5. The summed E-state index contributed by atoms with van der Waals surface area (Å²) in [6.07, 6.45) is 7.25. The molecule has 43 heavy (non-hydrogen) atoms. The second-order valence-electron chi connectivity index (χ2n) is 11.7. The minimum atomic E-state index is -3.80. The molecule has 11 heteroatoms. The van der Waals surface area contributed by atoms with Crippen LogP contribution in [0.3, 0.4) is 0 Å². The molecule has 0 spiro atoms. The van der Waals surface area contributed by atoms with Gasteiger partial charge in [-0.25, -0.2) is 9.65 Å². The van der Waals surface area contributed by atoms with Crippen LogP contribution in [0.1, 0.15) is 90.1 Å². The minimum absolute atomic E-state index is 0.0846. The first-order valence-electron chi connectivity index (χ1n) is 15.7. The van der Waals surface area contributed by atoms with Gasteiger partial charge in [-0.2, -0.15) is 0 Å². The van der Waals surface area contributed by atoms with Gasteiger partial charge in [-0.1, -0.05) is 76.3 Å². The van der Waals surface area contributed by atoms with Crippen molar-refractivity contribution in [2.45, 2.75) is 103 Å². The van der Waals surface area contributed by atoms with E-state index in [0.29, 0.717) is 24.5 Å². The number of carbonyl (C=O) groups is 2. The van der Waals surface area contributed by atoms with Crippen molar-refractivity contribution in [3.8, 4) is 0 Å². The zero-order valence-corrected chi connectivity index (χ0v) is 26.9. The molecule has 2 amide bonds. The summed E-state index contributed by atoms with van der Waals surface area (Å²) in [5.74, 6) is -0.0291. The van der Waals surface area contributed by atoms with E-state index < -0.39 is 37.9 Å². The van der Waals surface area contributed by atoms with E-state index in [1.807, 2.05) is 44.2 Å². The molecule has 1 aliphatic carbocycles. The molecule has 0 aliphatic heterocycles. The first-order valence-corrected chi connectivity index (χ1v) is 17.2. The Morgan fingerprint density at radius 3 is 2.19 bits per heavy atom. The van der Waals surface area contributed by atoms with Crippen molar-refractivity contribution in [3.63, 3.8) is 0 Å². The summed E-state index contributed by atoms with van der Waals surface area (Å²) in [5.41, 5.74) is 0.841. The number of nitrogens with one attached hydrogen (secondary N) is 3. The summed E-state index contributed by atoms with van der Waals surface area (Å²) in [6, 6.07) is 10.3. The van der Waals surface area contributed by atoms with E-state index >= 15 is 0 Å². The van der Waals surface area contributed by atoms with Crippen LogP contribution in [-0.2, 0) is 29.6 Å². The maximum absolute atomic E-state index is 13.8. The van der Waals surface area contributed by atoms with E-state index in [4.69, 9.17) is 13.5 Å². The molecule has 1 fully saturated rings. The average molecular weight is 620 g/mol. The average Bonchev–Trinajstić information content (AvgIpc) is 3.52. The lowest BCUT2D eigenvalue weighted by atomic mass is 9.83. The topological polar surface area (TPSA) is 139 Å². The van der Waals surface area contributed by atoms with Gasteiger partial charge in [-0.3, -0.25) is 18.6 Å². The van der Waals surface area contributed by atoms with E-state index in [-0.39, 0.29) is 31.5 Å². The smallest absolute Gasteiger partial charge is 0.406 e. The third-order valence-corrected chi connectivity index (χ3v) is 9.53. The van der Waals surface area contributed by atoms with Crippen LogP contribution in [0, 0.1) is 11.8 Å². The molecule has 0 radical (unpaired) electrons. The predicted octanol–water partition coefficient (Wildman–Crippen LogP) is 5.68. The monoisotopic (exact) mass is 619 g/mol. The molecular weight excluding hydrogens is 569 g/mol. The minimum Gasteiger partial charge on any atom is -0.467 e. The molecule has 240 valence electrons. The van der Waals surface area contributed by atoms with Gasteiger partial charge in [0.25, 0.3) is 0 Å². The number of carbonyl (C=O) groups excluding carboxylic acids is 2. The summed E-state index contributed by atoms with van der Waals surface area (Å²) >= 11 is 0. The largest absolute Gasteiger partial charge is 0.467 e. The van der Waals surface area contributed by atoms with Gasteiger partial charge in [0.05, 0.1) is 25.5 Å². The summed E-state index contributed by atoms with van der Waals surface area (Å²) in [7, 11) is -3.80. The molecule has 4 N–H and O–H groups in total. The maximum Gasteiger partial charge on any atom is 0.406 e. The first-order chi connectivity index (χ1) is 20.6. The Bertz CT molecular complexity index is 1130. The maximum atomic E-state index is 13.8. The number of hydrogen-bond acceptors (Lipinski definition) is 7. The molecule has 10 nitrogen and oxygen atoms in total. The molecule has 1 aromatic heterocycles. The molecule has 0 saturated heterocycles. The molecule has 0 unspecified atom stereocenters. The molecule has 1 aromatic carbocycles. The zero-order valence-electron chi connectivity index (χ0n) is 26.0. The predicted molar refractivity (Wildman–Crippen MR) is 166 cm³/mol. The highest BCUT2D eigenvalue weighted by Crippen LogP contribution is 2.44. The molecule has 0 bridgehead atoms. The number of aliphatic hydroxyl groups excluding tert-OH is 1. The molecule has 1 aliphatic rings. The van der Waals surface area contributed by atoms with Gasteiger partial charge in [-0.05, 0) is 62.6 Å². The van der Waals surface area contributed by atoms with E-state index in [1.165, 1.54) is 12.7 Å². The van der Waals surface area contributed by atoms with Gasteiger partial charge < -0.3 is 20.2 Å². The van der Waals surface area contributed by atoms with Gasteiger partial charge in [0.1, 0.15) is 23.9 Å². The number of furan rings is 1. The van der Waals surface area contributed by atoms with Crippen molar-refractivity contribution in [1.29, 1.82) is 0 Å². The fraction of sp³-hybridized carbons (Fsp3) is 0.625. The summed E-state index contributed by atoms with van der Waals surface area (Å²) in [5, 5.41) is 20.0. The quantitative estimate of drug-likeness (QED) is 0.156. The lowest BCUT2D eigenvalue weighted by Gasteiger charge is -2.31. The lowest BCUT2D eigenvalue weighted by molar-refractivity contribution is -0.131. The van der Waals surface area contributed by atoms with Crippen LogP contribution < -0.4 is 15.7 Å². The Morgan fingerprint density at radius 2 is 1.60 bits per heavy atom. The Balaban J connectivity index is 1.82. The fourth-order valence-electron chi connectivity index (χ4n) is 5.65. The molecule has 1 saturated carbocycles. The SMILES string of the molecule is CCOP(=O)(N[C@@H](Cc1ccccc1)C(=O)N[C@@H](CC(C)C)C(=O)N[C@@H](CC1CCCCC1)[C@@H](O)c1ccco1)OCC. The van der Waals surface area contributed by atoms with Gasteiger partial charge in [0.15, 0.2) is 0 Å². The number of hydrogen-bond donors (Lipinski definition) is 4. The number of aliphatic hydroxyl groups is 1. The summed E-state index contributed by atoms with van der Waals surface area (Å²) in [4.78, 5) is 27.6. The molecule has 3 rings (SSSR count). The van der Waals surface area contributed by atoms with Crippen LogP contribution >= 0.6 is 7.75 Å². The first kappa shape index (κ1) is 35.0. The molecule has 4 atom stereocenters. The normalized spacial score (nSPS) is 17.3. The van der Waals surface area contributed by atoms with Gasteiger partial charge >= 0.3 is 7.75 Å². The Morgan fingerprint density at radius 1 is 0.953 bits per heavy atom. The summed E-state index contributed by atoms with van der Waals surface area (Å²) in [6.45, 7) is 7.60. The van der Waals surface area contributed by atoms with Gasteiger partial charge in [0.2, 0.25) is 11.8 Å². The van der Waals surface area contributed by atoms with Crippen LogP contribution in [0.5, 0.6) is 0 Å². The molecule has 1 heterocycles. The van der Waals surface area contributed by atoms with Crippen molar-refractivity contribution in [2.24, 2.45) is 11.8 Å². The van der Waals surface area contributed by atoms with E-state index in [9.17, 15) is 19.3 Å². The standard InChI is InChI=1S/C32H50N3O7P/c1-5-41-43(39,42-6-2)35-28(22-25-16-11-8-12-17-25)32(38)34-27(20-23(3)4)31(37)33-26(21-24-14-9-7-10-15-24)30(36)29-18-13-19-40-29/h8,11-13,16-19,23-24,26-28,30,36H,5-7,9-10,14-15,20-22H2,1-4H3,(H,33,37)(H,34,38)(H,35,39)/t26-,27-,28-,30+/m0/s1. The molecular formula is C32H50N3O7P. The van der Waals surface area contributed by atoms with Crippen molar-refractivity contribution >= 4 is 19.6 Å². The van der Waals surface area contributed by atoms with Crippen molar-refractivity contribution < 1.29 is 32.7 Å². The van der Waals surface area contributed by atoms with Crippen LogP contribution in [-0.4, -0.2) is 48.3 Å². The third kappa shape index (κ3) is 11.5. The van der Waals surface area contributed by atoms with Crippen LogP contribution in [0.2, 0.25) is 0 Å². The fourth-order valence-corrected chi connectivity index (χ4v) is 7.15. The second kappa shape index (κ2) is 17.7. The van der Waals surface area contributed by atoms with Crippen LogP contribution in [0.25, 0.3) is 0 Å². The number of amides is 2. The lowest BCUT2D eigenvalue weighted by Crippen LogP contribution is -2.55. The third-order valence-electron chi connectivity index (χ3n) is 7.71. The number of rotatable bonds is 18. The van der Waals surface area contributed by atoms with E-state index in [2.05, 4.69) is 15.7 Å². The van der Waals surface area contributed by atoms with E-state index in [1.54, 1.807) is 26.0 Å². The highest BCUT2D eigenvalue weighted by Gasteiger charge is 2.35. The Hall–Kier alpha value is -2.49. The van der Waals surface area contributed by atoms with E-state index in [0.717, 1.165) is 31.2 Å². The van der Waals surface area contributed by atoms with Crippen molar-refractivity contribution in [2.75, 3.05) is 13.2 Å². The van der Waals surface area contributed by atoms with Crippen molar-refractivity contribution in [3.05, 3.63) is 60.1 Å². The Labute approximate surface area is 256 Å². The van der Waals surface area contributed by atoms with Gasteiger partial charge in [0, 0.05) is 0 Å². The van der Waals surface area contributed by atoms with Crippen molar-refractivity contribution in [1.82, 2.24) is 15.7 Å². The van der Waals surface area contributed by atoms with Gasteiger partial charge in [-0.15, -0.1) is 0 Å². The Kier molecular flexibility index (Phi) is 14.4. The van der Waals surface area contributed by atoms with Crippen LogP contribution in [0.4, 0.5) is 0 Å². The molecule has 2 aromatic rings. The number of benzene rings is 1. The highest BCUT2D eigenvalue weighted by atomic mass is 31.2. The van der Waals surface area contributed by atoms with Crippen LogP contribution in [0.15, 0.2) is 53.1 Å². The summed E-state index contributed by atoms with van der Waals surface area (Å²) < 4.78 is 29.7.